The summed E-state index contributed by atoms with van der Waals surface area (Å²) in [5.41, 5.74) is 2.08. The molecular formula is C16H15NO4. The molecule has 0 spiro atoms. The molecule has 0 atom stereocenters. The Hall–Kier alpha value is -2.43. The topological polar surface area (TPSA) is 87.5 Å². The number of carboxylic acid groups (broad SMARTS) is 2. The van der Waals surface area contributed by atoms with Crippen molar-refractivity contribution in [3.63, 3.8) is 0 Å². The van der Waals surface area contributed by atoms with E-state index >= 15 is 0 Å². The maximum absolute atomic E-state index is 11.7. The van der Waals surface area contributed by atoms with Crippen LogP contribution in [0.25, 0.3) is 10.9 Å². The molecule has 0 aliphatic heterocycles. The number of hydrogen-bond donors (Lipinski definition) is 2. The summed E-state index contributed by atoms with van der Waals surface area (Å²) in [6, 6.07) is 4.68. The fourth-order valence-corrected chi connectivity index (χ4v) is 3.04. The number of nitrogens with zero attached hydrogens (tertiary/aromatic N) is 1. The minimum atomic E-state index is -1.09. The van der Waals surface area contributed by atoms with Gasteiger partial charge in [0.2, 0.25) is 0 Å². The van der Waals surface area contributed by atoms with Gasteiger partial charge in [-0.05, 0) is 37.3 Å². The van der Waals surface area contributed by atoms with E-state index in [4.69, 9.17) is 0 Å². The second-order valence-electron chi connectivity index (χ2n) is 5.28. The highest BCUT2D eigenvalue weighted by molar-refractivity contribution is 6.09. The number of aromatic carboxylic acids is 2. The number of carbonyl (C=O) groups is 2. The zero-order valence-electron chi connectivity index (χ0n) is 11.4. The highest BCUT2D eigenvalue weighted by Gasteiger charge is 2.23. The monoisotopic (exact) mass is 285 g/mol. The number of fused-ring (bicyclic) bond motifs is 2. The van der Waals surface area contributed by atoms with Crippen LogP contribution in [0.3, 0.4) is 0 Å². The molecule has 21 heavy (non-hydrogen) atoms. The zero-order chi connectivity index (χ0) is 15.0. The van der Waals surface area contributed by atoms with Gasteiger partial charge >= 0.3 is 11.9 Å². The molecule has 0 fully saturated rings. The maximum atomic E-state index is 11.7. The highest BCUT2D eigenvalue weighted by atomic mass is 16.4. The number of aromatic nitrogens is 1. The molecule has 1 aromatic heterocycles. The van der Waals surface area contributed by atoms with E-state index < -0.39 is 11.9 Å². The fraction of sp³-hybridized carbons (Fsp3) is 0.312. The molecule has 0 bridgehead atoms. The van der Waals surface area contributed by atoms with E-state index in [1.165, 1.54) is 6.07 Å². The molecular weight excluding hydrogens is 270 g/mol. The Morgan fingerprint density at radius 2 is 1.76 bits per heavy atom. The molecule has 3 rings (SSSR count). The summed E-state index contributed by atoms with van der Waals surface area (Å²) in [5, 5.41) is 19.3. The van der Waals surface area contributed by atoms with Gasteiger partial charge in [0.05, 0.1) is 16.6 Å². The molecule has 1 aliphatic carbocycles. The van der Waals surface area contributed by atoms with Crippen LogP contribution >= 0.6 is 0 Å². The van der Waals surface area contributed by atoms with Crippen molar-refractivity contribution in [3.8, 4) is 0 Å². The lowest BCUT2D eigenvalue weighted by Gasteiger charge is -2.13. The summed E-state index contributed by atoms with van der Waals surface area (Å²) in [6.45, 7) is 0. The first-order chi connectivity index (χ1) is 10.1. The lowest BCUT2D eigenvalue weighted by atomic mass is 9.95. The number of pyridine rings is 1. The second-order valence-corrected chi connectivity index (χ2v) is 5.28. The third kappa shape index (κ3) is 2.24. The predicted octanol–water partition coefficient (Wildman–Crippen LogP) is 2.90. The van der Waals surface area contributed by atoms with Gasteiger partial charge in [-0.3, -0.25) is 4.98 Å². The molecule has 5 nitrogen and oxygen atoms in total. The van der Waals surface area contributed by atoms with Crippen molar-refractivity contribution in [3.05, 3.63) is 40.6 Å². The molecule has 1 aliphatic rings. The largest absolute Gasteiger partial charge is 0.478 e. The number of aryl methyl sites for hydroxylation is 1. The molecule has 0 saturated carbocycles. The van der Waals surface area contributed by atoms with Crippen molar-refractivity contribution in [1.82, 2.24) is 4.98 Å². The van der Waals surface area contributed by atoms with Crippen LogP contribution in [0.1, 0.15) is 51.2 Å². The van der Waals surface area contributed by atoms with Gasteiger partial charge in [0.15, 0.2) is 0 Å². The van der Waals surface area contributed by atoms with Gasteiger partial charge in [0.25, 0.3) is 0 Å². The van der Waals surface area contributed by atoms with Crippen molar-refractivity contribution >= 4 is 22.8 Å². The Labute approximate surface area is 121 Å². The first-order valence-corrected chi connectivity index (χ1v) is 7.00. The van der Waals surface area contributed by atoms with Gasteiger partial charge in [0.1, 0.15) is 0 Å². The van der Waals surface area contributed by atoms with Crippen molar-refractivity contribution in [1.29, 1.82) is 0 Å². The van der Waals surface area contributed by atoms with Crippen LogP contribution in [0.15, 0.2) is 18.2 Å². The van der Waals surface area contributed by atoms with Crippen molar-refractivity contribution in [2.75, 3.05) is 0 Å². The van der Waals surface area contributed by atoms with Crippen molar-refractivity contribution in [2.45, 2.75) is 32.1 Å². The first-order valence-electron chi connectivity index (χ1n) is 7.00. The van der Waals surface area contributed by atoms with E-state index in [1.807, 2.05) is 0 Å². The van der Waals surface area contributed by atoms with Crippen LogP contribution in [0.5, 0.6) is 0 Å². The Balaban J connectivity index is 2.42. The standard InChI is InChI=1S/C16H15NO4/c18-15(19)11-7-4-6-10-13(16(20)21)9-5-2-1-3-8-12(9)17-14(10)11/h4,6-7H,1-3,5,8H2,(H,18,19)(H,20,21). The normalized spacial score (nSPS) is 14.5. The van der Waals surface area contributed by atoms with Crippen LogP contribution in [0.2, 0.25) is 0 Å². The van der Waals surface area contributed by atoms with Gasteiger partial charge in [-0.15, -0.1) is 0 Å². The van der Waals surface area contributed by atoms with E-state index in [0.29, 0.717) is 18.2 Å². The second kappa shape index (κ2) is 5.16. The van der Waals surface area contributed by atoms with E-state index in [-0.39, 0.29) is 16.6 Å². The minimum absolute atomic E-state index is 0.0575. The van der Waals surface area contributed by atoms with E-state index in [0.717, 1.165) is 30.5 Å². The van der Waals surface area contributed by atoms with Crippen molar-refractivity contribution in [2.24, 2.45) is 0 Å². The average molecular weight is 285 g/mol. The Morgan fingerprint density at radius 3 is 2.48 bits per heavy atom. The SMILES string of the molecule is O=C(O)c1c2c(nc3c(C(=O)O)cccc13)CCCCC2. The summed E-state index contributed by atoms with van der Waals surface area (Å²) < 4.78 is 0. The van der Waals surface area contributed by atoms with E-state index in [1.54, 1.807) is 12.1 Å². The molecule has 0 radical (unpaired) electrons. The van der Waals surface area contributed by atoms with E-state index in [9.17, 15) is 19.8 Å². The highest BCUT2D eigenvalue weighted by Crippen LogP contribution is 2.30. The molecule has 0 unspecified atom stereocenters. The van der Waals surface area contributed by atoms with Gasteiger partial charge in [0, 0.05) is 11.1 Å². The van der Waals surface area contributed by atoms with Crippen LogP contribution < -0.4 is 0 Å². The summed E-state index contributed by atoms with van der Waals surface area (Å²) >= 11 is 0. The average Bonchev–Trinajstić information content (AvgIpc) is 2.68. The molecule has 0 saturated heterocycles. The lowest BCUT2D eigenvalue weighted by molar-refractivity contribution is 0.0685. The molecule has 108 valence electrons. The number of para-hydroxylation sites is 1. The quantitative estimate of drug-likeness (QED) is 0.828. The third-order valence-electron chi connectivity index (χ3n) is 3.99. The molecule has 0 amide bonds. The van der Waals surface area contributed by atoms with Crippen LogP contribution in [-0.2, 0) is 12.8 Å². The van der Waals surface area contributed by atoms with Crippen LogP contribution in [0, 0.1) is 0 Å². The summed E-state index contributed by atoms with van der Waals surface area (Å²) in [7, 11) is 0. The third-order valence-corrected chi connectivity index (χ3v) is 3.99. The number of benzene rings is 1. The van der Waals surface area contributed by atoms with Gasteiger partial charge in [-0.1, -0.05) is 18.6 Å². The molecule has 2 aromatic rings. The predicted molar refractivity (Wildman–Crippen MR) is 76.9 cm³/mol. The molecule has 5 heteroatoms. The summed E-state index contributed by atoms with van der Waals surface area (Å²) in [4.78, 5) is 27.5. The zero-order valence-corrected chi connectivity index (χ0v) is 11.4. The number of rotatable bonds is 2. The summed E-state index contributed by atoms with van der Waals surface area (Å²) in [5.74, 6) is -2.10. The fourth-order valence-electron chi connectivity index (χ4n) is 3.04. The minimum Gasteiger partial charge on any atom is -0.478 e. The van der Waals surface area contributed by atoms with E-state index in [2.05, 4.69) is 4.98 Å². The van der Waals surface area contributed by atoms with Gasteiger partial charge in [-0.25, -0.2) is 9.59 Å². The Bertz CT molecular complexity index is 752. The maximum Gasteiger partial charge on any atom is 0.337 e. The van der Waals surface area contributed by atoms with Crippen LogP contribution in [-0.4, -0.2) is 27.1 Å². The molecule has 1 aromatic carbocycles. The van der Waals surface area contributed by atoms with Gasteiger partial charge < -0.3 is 10.2 Å². The van der Waals surface area contributed by atoms with Crippen molar-refractivity contribution < 1.29 is 19.8 Å². The number of hydrogen-bond acceptors (Lipinski definition) is 3. The summed E-state index contributed by atoms with van der Waals surface area (Å²) in [6.07, 6.45) is 4.34. The molecule has 1 heterocycles. The Morgan fingerprint density at radius 1 is 1.00 bits per heavy atom. The van der Waals surface area contributed by atoms with Gasteiger partial charge in [-0.2, -0.15) is 0 Å². The first kappa shape index (κ1) is 13.5. The lowest BCUT2D eigenvalue weighted by Crippen LogP contribution is -2.10. The number of carboxylic acids is 2. The van der Waals surface area contributed by atoms with Crippen LogP contribution in [0.4, 0.5) is 0 Å². The Kier molecular flexibility index (Phi) is 3.33. The smallest absolute Gasteiger partial charge is 0.337 e. The molecule has 2 N–H and O–H groups in total.